The molecule has 0 aromatic heterocycles. The summed E-state index contributed by atoms with van der Waals surface area (Å²) in [5, 5.41) is 6.28. The molecule has 0 atom stereocenters. The number of amides is 1. The number of nitrogens with one attached hydrogen (secondary N) is 2. The summed E-state index contributed by atoms with van der Waals surface area (Å²) < 4.78 is 0. The molecule has 0 radical (unpaired) electrons. The number of hydrogen-bond donors (Lipinski definition) is 2. The number of hydrogen-bond acceptors (Lipinski definition) is 2. The first kappa shape index (κ1) is 16.1. The van der Waals surface area contributed by atoms with Gasteiger partial charge in [0.25, 0.3) is 0 Å². The standard InChI is InChI=1S/C19H24N2O/c1-14-10-15(2)12-18(11-14)20-9-8-19(22)21-13-17-7-5-4-6-16(17)3/h4-7,10-12,20H,8-9,13H2,1-3H3,(H,21,22). The van der Waals surface area contributed by atoms with Crippen molar-refractivity contribution in [2.45, 2.75) is 33.7 Å². The molecule has 1 amide bonds. The number of carbonyl (C=O) groups excluding carboxylic acids is 1. The molecule has 2 rings (SSSR count). The van der Waals surface area contributed by atoms with E-state index in [0.29, 0.717) is 19.5 Å². The maximum Gasteiger partial charge on any atom is 0.222 e. The van der Waals surface area contributed by atoms with Crippen LogP contribution < -0.4 is 10.6 Å². The van der Waals surface area contributed by atoms with E-state index in [1.165, 1.54) is 16.7 Å². The van der Waals surface area contributed by atoms with Crippen LogP contribution in [-0.4, -0.2) is 12.5 Å². The molecule has 3 heteroatoms. The fraction of sp³-hybridized carbons (Fsp3) is 0.316. The Labute approximate surface area is 132 Å². The van der Waals surface area contributed by atoms with Crippen molar-refractivity contribution in [3.8, 4) is 0 Å². The van der Waals surface area contributed by atoms with Gasteiger partial charge in [-0.15, -0.1) is 0 Å². The Morgan fingerprint density at radius 3 is 2.36 bits per heavy atom. The van der Waals surface area contributed by atoms with Crippen LogP contribution in [0.25, 0.3) is 0 Å². The van der Waals surface area contributed by atoms with E-state index in [0.717, 1.165) is 11.3 Å². The zero-order valence-electron chi connectivity index (χ0n) is 13.6. The second kappa shape index (κ2) is 7.64. The van der Waals surface area contributed by atoms with Gasteiger partial charge in [-0.25, -0.2) is 0 Å². The van der Waals surface area contributed by atoms with Crippen molar-refractivity contribution in [2.75, 3.05) is 11.9 Å². The maximum absolute atomic E-state index is 11.9. The van der Waals surface area contributed by atoms with Crippen molar-refractivity contribution < 1.29 is 4.79 Å². The molecule has 2 aromatic carbocycles. The van der Waals surface area contributed by atoms with Gasteiger partial charge in [-0.2, -0.15) is 0 Å². The molecule has 2 N–H and O–H groups in total. The van der Waals surface area contributed by atoms with Gasteiger partial charge in [-0.3, -0.25) is 4.79 Å². The van der Waals surface area contributed by atoms with Crippen LogP contribution in [0.15, 0.2) is 42.5 Å². The third-order valence-corrected chi connectivity index (χ3v) is 3.64. The number of rotatable bonds is 6. The summed E-state index contributed by atoms with van der Waals surface area (Å²) in [5.74, 6) is 0.0696. The van der Waals surface area contributed by atoms with Gasteiger partial charge in [-0.05, 0) is 55.2 Å². The highest BCUT2D eigenvalue weighted by molar-refractivity contribution is 5.76. The van der Waals surface area contributed by atoms with Crippen molar-refractivity contribution in [2.24, 2.45) is 0 Å². The quantitative estimate of drug-likeness (QED) is 0.853. The average Bonchev–Trinajstić information content (AvgIpc) is 2.45. The fourth-order valence-corrected chi connectivity index (χ4v) is 2.49. The van der Waals surface area contributed by atoms with Crippen LogP contribution in [0.5, 0.6) is 0 Å². The highest BCUT2D eigenvalue weighted by atomic mass is 16.1. The van der Waals surface area contributed by atoms with Crippen molar-refractivity contribution in [3.63, 3.8) is 0 Å². The van der Waals surface area contributed by atoms with Crippen LogP contribution in [0.3, 0.4) is 0 Å². The van der Waals surface area contributed by atoms with Gasteiger partial charge in [0.1, 0.15) is 0 Å². The van der Waals surface area contributed by atoms with Gasteiger partial charge in [0.2, 0.25) is 5.91 Å². The summed E-state index contributed by atoms with van der Waals surface area (Å²) in [5.41, 5.74) is 5.90. The van der Waals surface area contributed by atoms with E-state index >= 15 is 0 Å². The molecule has 0 unspecified atom stereocenters. The molecule has 3 nitrogen and oxygen atoms in total. The third kappa shape index (κ3) is 4.92. The summed E-state index contributed by atoms with van der Waals surface area (Å²) in [7, 11) is 0. The maximum atomic E-state index is 11.9. The molecule has 0 fully saturated rings. The summed E-state index contributed by atoms with van der Waals surface area (Å²) in [4.78, 5) is 11.9. The summed E-state index contributed by atoms with van der Waals surface area (Å²) in [6.07, 6.45) is 0.471. The zero-order chi connectivity index (χ0) is 15.9. The van der Waals surface area contributed by atoms with Gasteiger partial charge < -0.3 is 10.6 Å². The minimum atomic E-state index is 0.0696. The van der Waals surface area contributed by atoms with Crippen LogP contribution >= 0.6 is 0 Å². The van der Waals surface area contributed by atoms with Crippen LogP contribution in [-0.2, 0) is 11.3 Å². The topological polar surface area (TPSA) is 41.1 Å². The smallest absolute Gasteiger partial charge is 0.222 e. The lowest BCUT2D eigenvalue weighted by Gasteiger charge is -2.10. The van der Waals surface area contributed by atoms with E-state index in [9.17, 15) is 4.79 Å². The predicted molar refractivity (Wildman–Crippen MR) is 92.0 cm³/mol. The minimum absolute atomic E-state index is 0.0696. The molecule has 116 valence electrons. The first-order valence-electron chi connectivity index (χ1n) is 7.68. The lowest BCUT2D eigenvalue weighted by Crippen LogP contribution is -2.25. The molecule has 2 aromatic rings. The Hall–Kier alpha value is -2.29. The van der Waals surface area contributed by atoms with E-state index < -0.39 is 0 Å². The lowest BCUT2D eigenvalue weighted by molar-refractivity contribution is -0.121. The second-order valence-electron chi connectivity index (χ2n) is 5.76. The molecule has 22 heavy (non-hydrogen) atoms. The van der Waals surface area contributed by atoms with E-state index in [1.54, 1.807) is 0 Å². The molecule has 0 saturated carbocycles. The lowest BCUT2D eigenvalue weighted by atomic mass is 10.1. The average molecular weight is 296 g/mol. The van der Waals surface area contributed by atoms with Gasteiger partial charge in [0.15, 0.2) is 0 Å². The summed E-state index contributed by atoms with van der Waals surface area (Å²) in [6.45, 7) is 7.45. The molecule has 0 saturated heterocycles. The Balaban J connectivity index is 1.75. The second-order valence-corrected chi connectivity index (χ2v) is 5.76. The van der Waals surface area contributed by atoms with Crippen molar-refractivity contribution in [1.82, 2.24) is 5.32 Å². The minimum Gasteiger partial charge on any atom is -0.385 e. The fourth-order valence-electron chi connectivity index (χ4n) is 2.49. The first-order chi connectivity index (χ1) is 10.5. The van der Waals surface area contributed by atoms with Crippen molar-refractivity contribution in [1.29, 1.82) is 0 Å². The molecular weight excluding hydrogens is 272 g/mol. The van der Waals surface area contributed by atoms with E-state index in [-0.39, 0.29) is 5.91 Å². The Morgan fingerprint density at radius 1 is 1.00 bits per heavy atom. The molecule has 0 heterocycles. The SMILES string of the molecule is Cc1cc(C)cc(NCCC(=O)NCc2ccccc2C)c1. The number of carbonyl (C=O) groups is 1. The van der Waals surface area contributed by atoms with E-state index in [4.69, 9.17) is 0 Å². The third-order valence-electron chi connectivity index (χ3n) is 3.64. The zero-order valence-corrected chi connectivity index (χ0v) is 13.6. The Morgan fingerprint density at radius 2 is 1.68 bits per heavy atom. The van der Waals surface area contributed by atoms with E-state index in [2.05, 4.69) is 55.7 Å². The van der Waals surface area contributed by atoms with Gasteiger partial charge in [0, 0.05) is 25.2 Å². The molecule has 0 aliphatic heterocycles. The largest absolute Gasteiger partial charge is 0.385 e. The number of benzene rings is 2. The molecule has 0 bridgehead atoms. The molecular formula is C19H24N2O. The molecule has 0 spiro atoms. The highest BCUT2D eigenvalue weighted by Gasteiger charge is 2.03. The Kier molecular flexibility index (Phi) is 5.59. The van der Waals surface area contributed by atoms with Crippen LogP contribution in [0, 0.1) is 20.8 Å². The summed E-state index contributed by atoms with van der Waals surface area (Å²) in [6, 6.07) is 14.4. The normalized spacial score (nSPS) is 10.3. The first-order valence-corrected chi connectivity index (χ1v) is 7.68. The van der Waals surface area contributed by atoms with Crippen LogP contribution in [0.4, 0.5) is 5.69 Å². The van der Waals surface area contributed by atoms with Gasteiger partial charge >= 0.3 is 0 Å². The molecule has 0 aliphatic carbocycles. The van der Waals surface area contributed by atoms with Crippen LogP contribution in [0.1, 0.15) is 28.7 Å². The monoisotopic (exact) mass is 296 g/mol. The van der Waals surface area contributed by atoms with Crippen molar-refractivity contribution in [3.05, 3.63) is 64.7 Å². The molecule has 0 aliphatic rings. The number of aryl methyl sites for hydroxylation is 3. The van der Waals surface area contributed by atoms with Gasteiger partial charge in [0.05, 0.1) is 0 Å². The van der Waals surface area contributed by atoms with E-state index in [1.807, 2.05) is 18.2 Å². The predicted octanol–water partition coefficient (Wildman–Crippen LogP) is 3.73. The summed E-state index contributed by atoms with van der Waals surface area (Å²) >= 11 is 0. The highest BCUT2D eigenvalue weighted by Crippen LogP contribution is 2.13. The Bertz CT molecular complexity index is 629. The van der Waals surface area contributed by atoms with Gasteiger partial charge in [-0.1, -0.05) is 30.3 Å². The van der Waals surface area contributed by atoms with Crippen LogP contribution in [0.2, 0.25) is 0 Å². The number of anilines is 1. The van der Waals surface area contributed by atoms with Crippen molar-refractivity contribution >= 4 is 11.6 Å².